The van der Waals surface area contributed by atoms with E-state index in [-0.39, 0.29) is 0 Å². The first-order valence-electron chi connectivity index (χ1n) is 6.71. The fourth-order valence-electron chi connectivity index (χ4n) is 2.75. The summed E-state index contributed by atoms with van der Waals surface area (Å²) in [7, 11) is 0. The van der Waals surface area contributed by atoms with E-state index in [0.29, 0.717) is 5.88 Å². The van der Waals surface area contributed by atoms with E-state index < -0.39 is 0 Å². The van der Waals surface area contributed by atoms with Crippen molar-refractivity contribution in [3.05, 3.63) is 28.2 Å². The fourth-order valence-corrected chi connectivity index (χ4v) is 3.33. The first kappa shape index (κ1) is 14.2. The van der Waals surface area contributed by atoms with Gasteiger partial charge >= 0.3 is 0 Å². The highest BCUT2D eigenvalue weighted by molar-refractivity contribution is 9.10. The number of alkyl halides is 1. The van der Waals surface area contributed by atoms with Gasteiger partial charge in [-0.2, -0.15) is 0 Å². The van der Waals surface area contributed by atoms with E-state index in [1.807, 2.05) is 0 Å². The largest absolute Gasteiger partial charge is 0.371 e. The van der Waals surface area contributed by atoms with Gasteiger partial charge < -0.3 is 4.90 Å². The van der Waals surface area contributed by atoms with Gasteiger partial charge in [-0.1, -0.05) is 35.8 Å². The summed E-state index contributed by atoms with van der Waals surface area (Å²) in [6.07, 6.45) is 2.60. The van der Waals surface area contributed by atoms with Crippen LogP contribution in [0.25, 0.3) is 0 Å². The SMILES string of the molecule is CC(C)C1CCN(c2cc(Br)ccc2CCl)CC1. The Morgan fingerprint density at radius 2 is 2.00 bits per heavy atom. The van der Waals surface area contributed by atoms with Crippen LogP contribution < -0.4 is 4.90 Å². The van der Waals surface area contributed by atoms with Crippen molar-refractivity contribution < 1.29 is 0 Å². The molecule has 1 nitrogen and oxygen atoms in total. The fraction of sp³-hybridized carbons (Fsp3) is 0.600. The summed E-state index contributed by atoms with van der Waals surface area (Å²) in [5.41, 5.74) is 2.55. The third-order valence-electron chi connectivity index (χ3n) is 4.01. The van der Waals surface area contributed by atoms with E-state index in [2.05, 4.69) is 52.9 Å². The molecule has 0 N–H and O–H groups in total. The first-order valence-corrected chi connectivity index (χ1v) is 8.04. The summed E-state index contributed by atoms with van der Waals surface area (Å²) in [5.74, 6) is 2.28. The van der Waals surface area contributed by atoms with Gasteiger partial charge in [-0.25, -0.2) is 0 Å². The average molecular weight is 331 g/mol. The van der Waals surface area contributed by atoms with Crippen LogP contribution in [0.2, 0.25) is 0 Å². The summed E-state index contributed by atoms with van der Waals surface area (Å²) in [6.45, 7) is 6.99. The van der Waals surface area contributed by atoms with Crippen molar-refractivity contribution in [3.63, 3.8) is 0 Å². The molecule has 1 aromatic rings. The molecule has 1 aromatic carbocycles. The minimum absolute atomic E-state index is 0.590. The summed E-state index contributed by atoms with van der Waals surface area (Å²) < 4.78 is 1.14. The van der Waals surface area contributed by atoms with Crippen LogP contribution in [-0.4, -0.2) is 13.1 Å². The zero-order valence-corrected chi connectivity index (χ0v) is 13.5. The van der Waals surface area contributed by atoms with E-state index in [1.165, 1.54) is 24.1 Å². The summed E-state index contributed by atoms with van der Waals surface area (Å²) in [4.78, 5) is 2.49. The third kappa shape index (κ3) is 3.21. The number of piperidine rings is 1. The maximum atomic E-state index is 6.04. The van der Waals surface area contributed by atoms with E-state index in [4.69, 9.17) is 11.6 Å². The standard InChI is InChI=1S/C15H21BrClN/c1-11(2)12-5-7-18(8-6-12)15-9-14(16)4-3-13(15)10-17/h3-4,9,11-12H,5-8,10H2,1-2H3. The Morgan fingerprint density at radius 3 is 2.56 bits per heavy atom. The molecule has 0 amide bonds. The van der Waals surface area contributed by atoms with Crippen molar-refractivity contribution in [1.82, 2.24) is 0 Å². The molecule has 18 heavy (non-hydrogen) atoms. The lowest BCUT2D eigenvalue weighted by molar-refractivity contribution is 0.311. The quantitative estimate of drug-likeness (QED) is 0.700. The first-order chi connectivity index (χ1) is 8.61. The maximum Gasteiger partial charge on any atom is 0.0494 e. The zero-order valence-electron chi connectivity index (χ0n) is 11.1. The van der Waals surface area contributed by atoms with Gasteiger partial charge in [0.1, 0.15) is 0 Å². The molecule has 3 heteroatoms. The van der Waals surface area contributed by atoms with Gasteiger partial charge in [0.25, 0.3) is 0 Å². The lowest BCUT2D eigenvalue weighted by atomic mass is 9.86. The molecular weight excluding hydrogens is 310 g/mol. The van der Waals surface area contributed by atoms with Crippen LogP contribution in [0.4, 0.5) is 5.69 Å². The Kier molecular flexibility index (Phi) is 4.97. The lowest BCUT2D eigenvalue weighted by Gasteiger charge is -2.36. The highest BCUT2D eigenvalue weighted by atomic mass is 79.9. The van der Waals surface area contributed by atoms with Crippen LogP contribution in [0.5, 0.6) is 0 Å². The second-order valence-corrected chi connectivity index (χ2v) is 6.66. The minimum Gasteiger partial charge on any atom is -0.371 e. The molecule has 1 aliphatic heterocycles. The van der Waals surface area contributed by atoms with Crippen LogP contribution >= 0.6 is 27.5 Å². The van der Waals surface area contributed by atoms with Crippen molar-refractivity contribution in [2.45, 2.75) is 32.6 Å². The number of rotatable bonds is 3. The van der Waals surface area contributed by atoms with Crippen molar-refractivity contribution in [1.29, 1.82) is 0 Å². The smallest absolute Gasteiger partial charge is 0.0494 e. The van der Waals surface area contributed by atoms with Crippen LogP contribution in [0.15, 0.2) is 22.7 Å². The van der Waals surface area contributed by atoms with Gasteiger partial charge in [0.2, 0.25) is 0 Å². The maximum absolute atomic E-state index is 6.04. The molecule has 0 bridgehead atoms. The molecule has 1 aliphatic rings. The predicted molar refractivity (Wildman–Crippen MR) is 83.5 cm³/mol. The molecule has 1 saturated heterocycles. The second-order valence-electron chi connectivity index (χ2n) is 5.48. The molecule has 0 atom stereocenters. The Bertz CT molecular complexity index is 397. The Balaban J connectivity index is 2.11. The van der Waals surface area contributed by atoms with Gasteiger partial charge in [0.05, 0.1) is 0 Å². The summed E-state index contributed by atoms with van der Waals surface area (Å²) >= 11 is 9.60. The normalized spacial score (nSPS) is 17.5. The number of benzene rings is 1. The van der Waals surface area contributed by atoms with Crippen LogP contribution in [0.3, 0.4) is 0 Å². The van der Waals surface area contributed by atoms with Crippen molar-refractivity contribution in [3.8, 4) is 0 Å². The van der Waals surface area contributed by atoms with E-state index in [9.17, 15) is 0 Å². The van der Waals surface area contributed by atoms with Gasteiger partial charge in [0, 0.05) is 29.1 Å². The topological polar surface area (TPSA) is 3.24 Å². The Hall–Kier alpha value is -0.210. The molecular formula is C15H21BrClN. The van der Waals surface area contributed by atoms with Gasteiger partial charge in [0.15, 0.2) is 0 Å². The predicted octanol–water partition coefficient (Wildman–Crippen LogP) is 5.06. The van der Waals surface area contributed by atoms with Crippen LogP contribution in [-0.2, 0) is 5.88 Å². The number of hydrogen-bond donors (Lipinski definition) is 0. The molecule has 0 spiro atoms. The summed E-state index contributed by atoms with van der Waals surface area (Å²) in [5, 5.41) is 0. The lowest BCUT2D eigenvalue weighted by Crippen LogP contribution is -2.35. The van der Waals surface area contributed by atoms with Crippen molar-refractivity contribution in [2.24, 2.45) is 11.8 Å². The van der Waals surface area contributed by atoms with E-state index >= 15 is 0 Å². The minimum atomic E-state index is 0.590. The molecule has 1 fully saturated rings. The molecule has 0 aliphatic carbocycles. The van der Waals surface area contributed by atoms with E-state index in [0.717, 1.165) is 29.4 Å². The Labute approximate surface area is 124 Å². The molecule has 100 valence electrons. The van der Waals surface area contributed by atoms with Crippen LogP contribution in [0.1, 0.15) is 32.3 Å². The van der Waals surface area contributed by atoms with Gasteiger partial charge in [-0.05, 0) is 42.4 Å². The number of halogens is 2. The average Bonchev–Trinajstić information content (AvgIpc) is 2.39. The highest BCUT2D eigenvalue weighted by Gasteiger charge is 2.22. The third-order valence-corrected chi connectivity index (χ3v) is 4.80. The van der Waals surface area contributed by atoms with Crippen LogP contribution in [0, 0.1) is 11.8 Å². The van der Waals surface area contributed by atoms with Gasteiger partial charge in [-0.3, -0.25) is 0 Å². The molecule has 0 saturated carbocycles. The number of hydrogen-bond acceptors (Lipinski definition) is 1. The zero-order chi connectivity index (χ0) is 13.1. The van der Waals surface area contributed by atoms with Crippen molar-refractivity contribution in [2.75, 3.05) is 18.0 Å². The number of anilines is 1. The van der Waals surface area contributed by atoms with Crippen molar-refractivity contribution >= 4 is 33.2 Å². The van der Waals surface area contributed by atoms with Gasteiger partial charge in [-0.15, -0.1) is 11.6 Å². The highest BCUT2D eigenvalue weighted by Crippen LogP contribution is 2.32. The molecule has 0 unspecified atom stereocenters. The van der Waals surface area contributed by atoms with E-state index in [1.54, 1.807) is 0 Å². The molecule has 0 radical (unpaired) electrons. The molecule has 0 aromatic heterocycles. The molecule has 1 heterocycles. The second kappa shape index (κ2) is 6.29. The monoisotopic (exact) mass is 329 g/mol. The Morgan fingerprint density at radius 1 is 1.33 bits per heavy atom. The number of nitrogens with zero attached hydrogens (tertiary/aromatic N) is 1. The summed E-state index contributed by atoms with van der Waals surface area (Å²) in [6, 6.07) is 6.40. The molecule has 2 rings (SSSR count).